The van der Waals surface area contributed by atoms with Crippen molar-refractivity contribution in [1.29, 1.82) is 0 Å². The molecule has 0 unspecified atom stereocenters. The van der Waals surface area contributed by atoms with Crippen molar-refractivity contribution < 1.29 is 14.2 Å². The maximum atomic E-state index is 5.75. The molecule has 1 saturated heterocycles. The highest BCUT2D eigenvalue weighted by atomic mass is 16.6. The molecule has 4 heteroatoms. The van der Waals surface area contributed by atoms with E-state index in [1.54, 1.807) is 19.2 Å². The van der Waals surface area contributed by atoms with Gasteiger partial charge >= 0.3 is 0 Å². The van der Waals surface area contributed by atoms with Gasteiger partial charge in [-0.15, -0.1) is 0 Å². The molecule has 1 aromatic carbocycles. The summed E-state index contributed by atoms with van der Waals surface area (Å²) >= 11 is 0. The predicted molar refractivity (Wildman–Crippen MR) is 57.3 cm³/mol. The average Bonchev–Trinajstić information content (AvgIpc) is 2.73. The molecule has 1 heterocycles. The Hall–Kier alpha value is -1.42. The standard InChI is InChI=1S/C11H15NO3/c1-13-11-6-8(12)2-3-10(11)15-9-4-5-14-7-9/h2-3,6,9H,4-5,7,12H2,1H3/t9-/m1/s1. The van der Waals surface area contributed by atoms with Crippen molar-refractivity contribution >= 4 is 5.69 Å². The van der Waals surface area contributed by atoms with Crippen molar-refractivity contribution in [3.05, 3.63) is 18.2 Å². The van der Waals surface area contributed by atoms with Crippen LogP contribution in [0.1, 0.15) is 6.42 Å². The summed E-state index contributed by atoms with van der Waals surface area (Å²) in [5.74, 6) is 1.39. The minimum absolute atomic E-state index is 0.127. The molecule has 2 rings (SSSR count). The topological polar surface area (TPSA) is 53.7 Å². The van der Waals surface area contributed by atoms with Crippen LogP contribution in [-0.2, 0) is 4.74 Å². The number of hydrogen-bond acceptors (Lipinski definition) is 4. The van der Waals surface area contributed by atoms with Gasteiger partial charge in [0, 0.05) is 18.2 Å². The van der Waals surface area contributed by atoms with Crippen LogP contribution < -0.4 is 15.2 Å². The van der Waals surface area contributed by atoms with Crippen molar-refractivity contribution in [3.63, 3.8) is 0 Å². The minimum Gasteiger partial charge on any atom is -0.493 e. The molecule has 0 amide bonds. The van der Waals surface area contributed by atoms with Crippen molar-refractivity contribution in [2.24, 2.45) is 0 Å². The molecule has 1 atom stereocenters. The van der Waals surface area contributed by atoms with E-state index in [0.717, 1.165) is 18.8 Å². The lowest BCUT2D eigenvalue weighted by Crippen LogP contribution is -2.16. The third-order valence-corrected chi connectivity index (χ3v) is 2.37. The van der Waals surface area contributed by atoms with Gasteiger partial charge in [-0.1, -0.05) is 0 Å². The Labute approximate surface area is 88.9 Å². The van der Waals surface area contributed by atoms with Crippen LogP contribution >= 0.6 is 0 Å². The molecule has 1 fully saturated rings. The van der Waals surface area contributed by atoms with E-state index in [-0.39, 0.29) is 6.10 Å². The first-order valence-electron chi connectivity index (χ1n) is 4.97. The van der Waals surface area contributed by atoms with Crippen molar-refractivity contribution in [2.45, 2.75) is 12.5 Å². The number of methoxy groups -OCH3 is 1. The zero-order valence-corrected chi connectivity index (χ0v) is 8.73. The zero-order valence-electron chi connectivity index (χ0n) is 8.73. The highest BCUT2D eigenvalue weighted by molar-refractivity contribution is 5.51. The third-order valence-electron chi connectivity index (χ3n) is 2.37. The van der Waals surface area contributed by atoms with Crippen LogP contribution in [0.15, 0.2) is 18.2 Å². The second kappa shape index (κ2) is 4.40. The van der Waals surface area contributed by atoms with E-state index in [2.05, 4.69) is 0 Å². The molecule has 0 bridgehead atoms. The van der Waals surface area contributed by atoms with Gasteiger partial charge in [-0.2, -0.15) is 0 Å². The molecule has 0 radical (unpaired) electrons. The van der Waals surface area contributed by atoms with E-state index in [0.29, 0.717) is 18.0 Å². The van der Waals surface area contributed by atoms with Crippen LogP contribution in [0, 0.1) is 0 Å². The van der Waals surface area contributed by atoms with E-state index < -0.39 is 0 Å². The zero-order chi connectivity index (χ0) is 10.7. The Morgan fingerprint density at radius 3 is 2.93 bits per heavy atom. The van der Waals surface area contributed by atoms with Crippen molar-refractivity contribution in [1.82, 2.24) is 0 Å². The van der Waals surface area contributed by atoms with Crippen molar-refractivity contribution in [2.75, 3.05) is 26.1 Å². The van der Waals surface area contributed by atoms with Crippen LogP contribution in [0.25, 0.3) is 0 Å². The number of anilines is 1. The Bertz CT molecular complexity index is 335. The van der Waals surface area contributed by atoms with Gasteiger partial charge in [-0.25, -0.2) is 0 Å². The van der Waals surface area contributed by atoms with Gasteiger partial charge in [0.1, 0.15) is 6.10 Å². The fraction of sp³-hybridized carbons (Fsp3) is 0.455. The summed E-state index contributed by atoms with van der Waals surface area (Å²) in [6.45, 7) is 1.41. The first-order valence-corrected chi connectivity index (χ1v) is 4.97. The maximum Gasteiger partial charge on any atom is 0.162 e. The molecule has 0 aliphatic carbocycles. The molecule has 15 heavy (non-hydrogen) atoms. The fourth-order valence-corrected chi connectivity index (χ4v) is 1.57. The number of nitrogen functional groups attached to an aromatic ring is 1. The first kappa shape index (κ1) is 10.1. The van der Waals surface area contributed by atoms with E-state index in [4.69, 9.17) is 19.9 Å². The van der Waals surface area contributed by atoms with Crippen LogP contribution in [0.4, 0.5) is 5.69 Å². The Morgan fingerprint density at radius 1 is 1.40 bits per heavy atom. The lowest BCUT2D eigenvalue weighted by molar-refractivity contribution is 0.138. The summed E-state index contributed by atoms with van der Waals surface area (Å²) in [5, 5.41) is 0. The summed E-state index contributed by atoms with van der Waals surface area (Å²) in [4.78, 5) is 0. The summed E-state index contributed by atoms with van der Waals surface area (Å²) in [7, 11) is 1.60. The smallest absolute Gasteiger partial charge is 0.162 e. The van der Waals surface area contributed by atoms with Gasteiger partial charge < -0.3 is 19.9 Å². The van der Waals surface area contributed by atoms with Gasteiger partial charge in [-0.05, 0) is 12.1 Å². The highest BCUT2D eigenvalue weighted by Gasteiger charge is 2.18. The molecule has 2 N–H and O–H groups in total. The fourth-order valence-electron chi connectivity index (χ4n) is 1.57. The second-order valence-electron chi connectivity index (χ2n) is 3.51. The van der Waals surface area contributed by atoms with E-state index in [1.807, 2.05) is 6.07 Å². The molecule has 1 aromatic rings. The molecule has 0 saturated carbocycles. The van der Waals surface area contributed by atoms with Gasteiger partial charge in [-0.3, -0.25) is 0 Å². The Kier molecular flexibility index (Phi) is 2.97. The minimum atomic E-state index is 0.127. The molecule has 4 nitrogen and oxygen atoms in total. The van der Waals surface area contributed by atoms with Gasteiger partial charge in [0.05, 0.1) is 20.3 Å². The Morgan fingerprint density at radius 2 is 2.27 bits per heavy atom. The van der Waals surface area contributed by atoms with E-state index in [1.165, 1.54) is 0 Å². The largest absolute Gasteiger partial charge is 0.493 e. The lowest BCUT2D eigenvalue weighted by Gasteiger charge is -2.14. The molecule has 1 aliphatic heterocycles. The quantitative estimate of drug-likeness (QED) is 0.765. The van der Waals surface area contributed by atoms with Gasteiger partial charge in [0.2, 0.25) is 0 Å². The summed E-state index contributed by atoms with van der Waals surface area (Å²) in [6, 6.07) is 5.38. The van der Waals surface area contributed by atoms with Crippen LogP contribution in [0.2, 0.25) is 0 Å². The lowest BCUT2D eigenvalue weighted by atomic mass is 10.2. The average molecular weight is 209 g/mol. The van der Waals surface area contributed by atoms with Crippen LogP contribution in [0.3, 0.4) is 0 Å². The van der Waals surface area contributed by atoms with E-state index in [9.17, 15) is 0 Å². The van der Waals surface area contributed by atoms with E-state index >= 15 is 0 Å². The third kappa shape index (κ3) is 2.33. The molecule has 0 spiro atoms. The second-order valence-corrected chi connectivity index (χ2v) is 3.51. The van der Waals surface area contributed by atoms with Gasteiger partial charge in [0.15, 0.2) is 11.5 Å². The normalized spacial score (nSPS) is 20.2. The number of hydrogen-bond donors (Lipinski definition) is 1. The number of ether oxygens (including phenoxy) is 3. The summed E-state index contributed by atoms with van der Waals surface area (Å²) in [5.41, 5.74) is 6.32. The Balaban J connectivity index is 2.12. The number of benzene rings is 1. The predicted octanol–water partition coefficient (Wildman–Crippen LogP) is 1.45. The van der Waals surface area contributed by atoms with Crippen LogP contribution in [0.5, 0.6) is 11.5 Å². The SMILES string of the molecule is COc1cc(N)ccc1O[C@@H]1CCOC1. The molecule has 1 aliphatic rings. The number of nitrogens with two attached hydrogens (primary N) is 1. The monoisotopic (exact) mass is 209 g/mol. The summed E-state index contributed by atoms with van der Waals surface area (Å²) in [6.07, 6.45) is 1.05. The molecule has 82 valence electrons. The van der Waals surface area contributed by atoms with Gasteiger partial charge in [0.25, 0.3) is 0 Å². The number of rotatable bonds is 3. The van der Waals surface area contributed by atoms with Crippen molar-refractivity contribution in [3.8, 4) is 11.5 Å². The molecular weight excluding hydrogens is 194 g/mol. The maximum absolute atomic E-state index is 5.75. The summed E-state index contributed by atoms with van der Waals surface area (Å²) < 4.78 is 16.2. The molecule has 0 aromatic heterocycles. The molecular formula is C11H15NO3. The highest BCUT2D eigenvalue weighted by Crippen LogP contribution is 2.30. The first-order chi connectivity index (χ1) is 7.29. The van der Waals surface area contributed by atoms with Crippen LogP contribution in [-0.4, -0.2) is 26.4 Å².